The summed E-state index contributed by atoms with van der Waals surface area (Å²) in [5.41, 5.74) is 3.43. The van der Waals surface area contributed by atoms with Crippen LogP contribution >= 0.6 is 11.6 Å². The van der Waals surface area contributed by atoms with Gasteiger partial charge in [-0.15, -0.1) is 0 Å². The Bertz CT molecular complexity index is 850. The van der Waals surface area contributed by atoms with Crippen molar-refractivity contribution in [2.24, 2.45) is 5.10 Å². The van der Waals surface area contributed by atoms with E-state index in [1.54, 1.807) is 29.4 Å². The molecule has 0 bridgehead atoms. The summed E-state index contributed by atoms with van der Waals surface area (Å²) in [5.74, 6) is -0.0171. The van der Waals surface area contributed by atoms with Crippen LogP contribution in [-0.4, -0.2) is 22.1 Å². The monoisotopic (exact) mass is 338 g/mol. The average molecular weight is 339 g/mol. The SMILES string of the molecule is O=C1c2ccc(Cl)cc2CN1c1cncc(CN2C=CCC=N2)c1. The fourth-order valence-corrected chi connectivity index (χ4v) is 3.11. The largest absolute Gasteiger partial charge is 0.302 e. The van der Waals surface area contributed by atoms with Gasteiger partial charge in [-0.05, 0) is 35.4 Å². The number of rotatable bonds is 3. The second-order valence-electron chi connectivity index (χ2n) is 5.76. The van der Waals surface area contributed by atoms with Crippen LogP contribution in [0.4, 0.5) is 5.69 Å². The van der Waals surface area contributed by atoms with Gasteiger partial charge in [0.2, 0.25) is 0 Å². The van der Waals surface area contributed by atoms with Gasteiger partial charge in [-0.2, -0.15) is 5.10 Å². The normalized spacial score (nSPS) is 16.0. The highest BCUT2D eigenvalue weighted by atomic mass is 35.5. The topological polar surface area (TPSA) is 48.8 Å². The highest BCUT2D eigenvalue weighted by Gasteiger charge is 2.28. The molecule has 0 spiro atoms. The molecule has 2 aliphatic rings. The number of amides is 1. The maximum atomic E-state index is 12.6. The van der Waals surface area contributed by atoms with E-state index in [0.717, 1.165) is 23.2 Å². The van der Waals surface area contributed by atoms with Gasteiger partial charge >= 0.3 is 0 Å². The molecular weight excluding hydrogens is 324 g/mol. The van der Waals surface area contributed by atoms with Crippen LogP contribution in [-0.2, 0) is 13.1 Å². The van der Waals surface area contributed by atoms with Crippen LogP contribution in [0.2, 0.25) is 5.02 Å². The van der Waals surface area contributed by atoms with E-state index in [-0.39, 0.29) is 5.91 Å². The van der Waals surface area contributed by atoms with E-state index in [9.17, 15) is 4.79 Å². The van der Waals surface area contributed by atoms with E-state index < -0.39 is 0 Å². The molecule has 5 nitrogen and oxygen atoms in total. The molecule has 4 rings (SSSR count). The summed E-state index contributed by atoms with van der Waals surface area (Å²) < 4.78 is 0. The van der Waals surface area contributed by atoms with Crippen molar-refractivity contribution >= 4 is 29.4 Å². The third-order valence-electron chi connectivity index (χ3n) is 4.06. The Labute approximate surface area is 144 Å². The van der Waals surface area contributed by atoms with Gasteiger partial charge in [0.25, 0.3) is 5.91 Å². The number of hydrazone groups is 1. The van der Waals surface area contributed by atoms with Gasteiger partial charge < -0.3 is 4.90 Å². The number of hydrogen-bond donors (Lipinski definition) is 0. The number of allylic oxidation sites excluding steroid dienone is 1. The van der Waals surface area contributed by atoms with E-state index in [2.05, 4.69) is 16.2 Å². The van der Waals surface area contributed by atoms with Crippen LogP contribution in [0, 0.1) is 0 Å². The third-order valence-corrected chi connectivity index (χ3v) is 4.29. The van der Waals surface area contributed by atoms with Crippen molar-refractivity contribution in [2.75, 3.05) is 4.90 Å². The van der Waals surface area contributed by atoms with Crippen molar-refractivity contribution in [2.45, 2.75) is 19.5 Å². The minimum Gasteiger partial charge on any atom is -0.302 e. The van der Waals surface area contributed by atoms with Crippen LogP contribution in [0.25, 0.3) is 0 Å². The molecule has 1 aromatic carbocycles. The zero-order valence-electron chi connectivity index (χ0n) is 12.9. The number of aromatic nitrogens is 1. The van der Waals surface area contributed by atoms with Crippen LogP contribution in [0.1, 0.15) is 27.9 Å². The van der Waals surface area contributed by atoms with Crippen molar-refractivity contribution in [3.05, 3.63) is 70.6 Å². The summed E-state index contributed by atoms with van der Waals surface area (Å²) in [5, 5.41) is 6.80. The highest BCUT2D eigenvalue weighted by molar-refractivity contribution is 6.31. The Morgan fingerprint density at radius 3 is 2.96 bits per heavy atom. The lowest BCUT2D eigenvalue weighted by molar-refractivity contribution is 0.0996. The van der Waals surface area contributed by atoms with Gasteiger partial charge in [0.05, 0.1) is 25.0 Å². The number of nitrogens with zero attached hydrogens (tertiary/aromatic N) is 4. The van der Waals surface area contributed by atoms with Crippen LogP contribution in [0.15, 0.2) is 54.0 Å². The van der Waals surface area contributed by atoms with Gasteiger partial charge in [-0.1, -0.05) is 17.7 Å². The van der Waals surface area contributed by atoms with E-state index in [1.165, 1.54) is 0 Å². The molecule has 0 radical (unpaired) electrons. The second-order valence-corrected chi connectivity index (χ2v) is 6.20. The predicted molar refractivity (Wildman–Crippen MR) is 94.0 cm³/mol. The number of halogens is 1. The van der Waals surface area contributed by atoms with Gasteiger partial charge in [-0.3, -0.25) is 14.8 Å². The van der Waals surface area contributed by atoms with Crippen molar-refractivity contribution in [3.8, 4) is 0 Å². The first-order chi connectivity index (χ1) is 11.7. The molecule has 0 unspecified atom stereocenters. The standard InChI is InChI=1S/C18H15ClN4O/c19-15-3-4-17-14(8-15)12-23(18(17)24)16-7-13(9-20-10-16)11-22-6-2-1-5-21-22/h2-10H,1,11-12H2. The Morgan fingerprint density at radius 2 is 2.12 bits per heavy atom. The number of carbonyl (C=O) groups is 1. The molecular formula is C18H15ClN4O. The maximum absolute atomic E-state index is 12.6. The number of pyridine rings is 1. The molecule has 2 aromatic rings. The first-order valence-corrected chi connectivity index (χ1v) is 8.08. The first-order valence-electron chi connectivity index (χ1n) is 7.71. The molecule has 0 aliphatic carbocycles. The van der Waals surface area contributed by atoms with E-state index in [4.69, 9.17) is 11.6 Å². The third kappa shape index (κ3) is 2.78. The van der Waals surface area contributed by atoms with Gasteiger partial charge in [0.15, 0.2) is 0 Å². The summed E-state index contributed by atoms with van der Waals surface area (Å²) in [7, 11) is 0. The zero-order valence-corrected chi connectivity index (χ0v) is 13.6. The molecule has 0 atom stereocenters. The molecule has 0 saturated carbocycles. The fourth-order valence-electron chi connectivity index (χ4n) is 2.92. The smallest absolute Gasteiger partial charge is 0.258 e. The summed E-state index contributed by atoms with van der Waals surface area (Å²) >= 11 is 6.03. The quantitative estimate of drug-likeness (QED) is 0.859. The van der Waals surface area contributed by atoms with Crippen molar-refractivity contribution in [3.63, 3.8) is 0 Å². The van der Waals surface area contributed by atoms with Gasteiger partial charge in [0.1, 0.15) is 0 Å². The molecule has 120 valence electrons. The molecule has 1 amide bonds. The summed E-state index contributed by atoms with van der Waals surface area (Å²) in [6.45, 7) is 1.14. The van der Waals surface area contributed by atoms with Crippen LogP contribution in [0.5, 0.6) is 0 Å². The zero-order chi connectivity index (χ0) is 16.5. The lowest BCUT2D eigenvalue weighted by Crippen LogP contribution is -2.23. The summed E-state index contributed by atoms with van der Waals surface area (Å²) in [6.07, 6.45) is 10.2. The Balaban J connectivity index is 1.58. The summed E-state index contributed by atoms with van der Waals surface area (Å²) in [6, 6.07) is 7.36. The first kappa shape index (κ1) is 14.9. The number of anilines is 1. The summed E-state index contributed by atoms with van der Waals surface area (Å²) in [4.78, 5) is 18.6. The Kier molecular flexibility index (Phi) is 3.78. The number of carbonyl (C=O) groups excluding carboxylic acids is 1. The minimum atomic E-state index is -0.0171. The van der Waals surface area contributed by atoms with E-state index >= 15 is 0 Å². The predicted octanol–water partition coefficient (Wildman–Crippen LogP) is 3.60. The molecule has 0 fully saturated rings. The molecule has 1 aromatic heterocycles. The van der Waals surface area contributed by atoms with Crippen LogP contribution < -0.4 is 4.90 Å². The maximum Gasteiger partial charge on any atom is 0.258 e. The lowest BCUT2D eigenvalue weighted by atomic mass is 10.1. The lowest BCUT2D eigenvalue weighted by Gasteiger charge is -2.19. The van der Waals surface area contributed by atoms with Gasteiger partial charge in [-0.25, -0.2) is 0 Å². The molecule has 3 heterocycles. The van der Waals surface area contributed by atoms with Crippen molar-refractivity contribution in [1.29, 1.82) is 0 Å². The average Bonchev–Trinajstić information content (AvgIpc) is 2.92. The van der Waals surface area contributed by atoms with Crippen molar-refractivity contribution in [1.82, 2.24) is 9.99 Å². The Morgan fingerprint density at radius 1 is 1.21 bits per heavy atom. The molecule has 0 N–H and O–H groups in total. The van der Waals surface area contributed by atoms with E-state index in [1.807, 2.05) is 29.6 Å². The minimum absolute atomic E-state index is 0.0171. The molecule has 2 aliphatic heterocycles. The highest BCUT2D eigenvalue weighted by Crippen LogP contribution is 2.30. The van der Waals surface area contributed by atoms with Crippen molar-refractivity contribution < 1.29 is 4.79 Å². The van der Waals surface area contributed by atoms with Crippen LogP contribution in [0.3, 0.4) is 0 Å². The second kappa shape index (κ2) is 6.09. The number of benzene rings is 1. The van der Waals surface area contributed by atoms with Gasteiger partial charge in [0, 0.05) is 35.6 Å². The van der Waals surface area contributed by atoms with E-state index in [0.29, 0.717) is 23.7 Å². The number of hydrogen-bond acceptors (Lipinski definition) is 4. The fraction of sp³-hybridized carbons (Fsp3) is 0.167. The molecule has 24 heavy (non-hydrogen) atoms. The molecule has 6 heteroatoms. The Hall–Kier alpha value is -2.66. The number of fused-ring (bicyclic) bond motifs is 1. The molecule has 0 saturated heterocycles.